The third-order valence-corrected chi connectivity index (χ3v) is 6.79. The number of aryl methyl sites for hydroxylation is 2. The molecule has 0 aliphatic carbocycles. The number of aliphatic carboxylic acids is 1. The van der Waals surface area contributed by atoms with Crippen LogP contribution in [0.15, 0.2) is 85.2 Å². The van der Waals surface area contributed by atoms with Crippen LogP contribution >= 0.6 is 0 Å². The van der Waals surface area contributed by atoms with Gasteiger partial charge in [0.2, 0.25) is 0 Å². The number of amides is 1. The maximum absolute atomic E-state index is 13.2. The highest BCUT2D eigenvalue weighted by Gasteiger charge is 2.24. The summed E-state index contributed by atoms with van der Waals surface area (Å²) in [6.07, 6.45) is 3.27. The molecule has 0 radical (unpaired) electrons. The number of hydrogen-bond donors (Lipinski definition) is 3. The Morgan fingerprint density at radius 3 is 2.54 bits per heavy atom. The predicted molar refractivity (Wildman–Crippen MR) is 156 cm³/mol. The summed E-state index contributed by atoms with van der Waals surface area (Å²) in [6.45, 7) is -0.614. The van der Waals surface area contributed by atoms with Gasteiger partial charge in [-0.1, -0.05) is 42.5 Å². The molecule has 3 aromatic carbocycles. The number of nitrogen functional groups attached to an aromatic ring is 1. The van der Waals surface area contributed by atoms with E-state index in [0.717, 1.165) is 15.8 Å². The summed E-state index contributed by atoms with van der Waals surface area (Å²) < 4.78 is 7.40. The molecule has 5 rings (SSSR count). The minimum absolute atomic E-state index is 0.00593. The van der Waals surface area contributed by atoms with Crippen molar-refractivity contribution in [2.24, 2.45) is 12.8 Å². The van der Waals surface area contributed by atoms with Crippen molar-refractivity contribution < 1.29 is 24.2 Å². The molecule has 41 heavy (non-hydrogen) atoms. The summed E-state index contributed by atoms with van der Waals surface area (Å²) >= 11 is 0. The molecule has 2 aromatic heterocycles. The van der Waals surface area contributed by atoms with Gasteiger partial charge < -0.3 is 20.1 Å². The van der Waals surface area contributed by atoms with E-state index in [1.54, 1.807) is 72.5 Å². The normalized spacial score (nSPS) is 11.0. The van der Waals surface area contributed by atoms with Crippen LogP contribution < -0.4 is 15.4 Å². The molecular weight excluding hydrogens is 522 g/mol. The van der Waals surface area contributed by atoms with Crippen molar-refractivity contribution in [1.29, 1.82) is 5.41 Å². The first-order chi connectivity index (χ1) is 19.7. The number of carbonyl (C=O) groups excluding carboxylic acids is 2. The summed E-state index contributed by atoms with van der Waals surface area (Å²) in [5, 5.41) is 18.5. The molecule has 206 valence electrons. The van der Waals surface area contributed by atoms with Gasteiger partial charge in [-0.05, 0) is 36.2 Å². The number of pyridine rings is 1. The standard InChI is InChI=1S/C31H27N5O5/c1-35-17-24(27(37)14-9-19-7-10-21(11-8-19)30(32)33)23-13-12-22(16-26(23)35)41-31(40)36(18-28(38)39)25-6-2-4-20-5-3-15-34-29(20)25/h2-8,10-13,15-17H,9,14,18H2,1H3,(H3,32,33)(H,38,39). The molecule has 10 nitrogen and oxygen atoms in total. The van der Waals surface area contributed by atoms with Gasteiger partial charge in [-0.2, -0.15) is 0 Å². The molecule has 1 amide bonds. The highest BCUT2D eigenvalue weighted by Crippen LogP contribution is 2.29. The van der Waals surface area contributed by atoms with Crippen molar-refractivity contribution in [2.45, 2.75) is 12.8 Å². The van der Waals surface area contributed by atoms with Gasteiger partial charge in [0.05, 0.1) is 16.7 Å². The van der Waals surface area contributed by atoms with E-state index in [9.17, 15) is 19.5 Å². The summed E-state index contributed by atoms with van der Waals surface area (Å²) in [5.74, 6) is -1.04. The van der Waals surface area contributed by atoms with Crippen LogP contribution in [-0.2, 0) is 18.3 Å². The molecule has 4 N–H and O–H groups in total. The molecule has 0 saturated carbocycles. The molecule has 0 saturated heterocycles. The van der Waals surface area contributed by atoms with E-state index in [-0.39, 0.29) is 17.4 Å². The fourth-order valence-electron chi connectivity index (χ4n) is 4.74. The van der Waals surface area contributed by atoms with Crippen LogP contribution in [0.4, 0.5) is 10.5 Å². The Morgan fingerprint density at radius 2 is 1.80 bits per heavy atom. The lowest BCUT2D eigenvalue weighted by Gasteiger charge is -2.21. The van der Waals surface area contributed by atoms with Crippen molar-refractivity contribution in [2.75, 3.05) is 11.4 Å². The first-order valence-electron chi connectivity index (χ1n) is 12.8. The second-order valence-corrected chi connectivity index (χ2v) is 9.57. The summed E-state index contributed by atoms with van der Waals surface area (Å²) in [5.41, 5.74) is 9.13. The Hall–Kier alpha value is -5.51. The quantitative estimate of drug-likeness (QED) is 0.134. The SMILES string of the molecule is Cn1cc(C(=O)CCc2ccc(C(=N)N)cc2)c2ccc(OC(=O)N(CC(=O)O)c3cccc4cccnc34)cc21. The van der Waals surface area contributed by atoms with E-state index in [2.05, 4.69) is 4.98 Å². The van der Waals surface area contributed by atoms with Crippen LogP contribution in [-0.4, -0.2) is 44.9 Å². The second-order valence-electron chi connectivity index (χ2n) is 9.57. The molecule has 0 spiro atoms. The van der Waals surface area contributed by atoms with E-state index in [4.69, 9.17) is 15.9 Å². The lowest BCUT2D eigenvalue weighted by molar-refractivity contribution is -0.135. The highest BCUT2D eigenvalue weighted by atomic mass is 16.6. The highest BCUT2D eigenvalue weighted by molar-refractivity contribution is 6.08. The third-order valence-electron chi connectivity index (χ3n) is 6.79. The number of para-hydroxylation sites is 1. The number of carboxylic acids is 1. The molecule has 0 aliphatic heterocycles. The minimum Gasteiger partial charge on any atom is -0.480 e. The van der Waals surface area contributed by atoms with Gasteiger partial charge in [-0.25, -0.2) is 4.79 Å². The Kier molecular flexibility index (Phi) is 7.47. The number of nitrogens with zero attached hydrogens (tertiary/aromatic N) is 3. The third kappa shape index (κ3) is 5.76. The van der Waals surface area contributed by atoms with Crippen LogP contribution in [0, 0.1) is 5.41 Å². The van der Waals surface area contributed by atoms with E-state index in [1.807, 2.05) is 24.3 Å². The number of aromatic nitrogens is 2. The number of carbonyl (C=O) groups is 3. The molecule has 0 aliphatic rings. The van der Waals surface area contributed by atoms with Crippen LogP contribution in [0.3, 0.4) is 0 Å². The molecule has 0 fully saturated rings. The van der Waals surface area contributed by atoms with E-state index in [1.165, 1.54) is 0 Å². The Balaban J connectivity index is 1.35. The fraction of sp³-hybridized carbons (Fsp3) is 0.129. The van der Waals surface area contributed by atoms with E-state index in [0.29, 0.717) is 46.1 Å². The maximum atomic E-state index is 13.2. The number of nitrogens with two attached hydrogens (primary N) is 1. The van der Waals surface area contributed by atoms with Gasteiger partial charge in [0.25, 0.3) is 0 Å². The number of anilines is 1. The minimum atomic E-state index is -1.20. The van der Waals surface area contributed by atoms with Crippen molar-refractivity contribution in [1.82, 2.24) is 9.55 Å². The van der Waals surface area contributed by atoms with Crippen molar-refractivity contribution in [3.8, 4) is 5.75 Å². The number of amidine groups is 1. The smallest absolute Gasteiger partial charge is 0.420 e. The molecule has 2 heterocycles. The van der Waals surface area contributed by atoms with Gasteiger partial charge in [-0.3, -0.25) is 24.9 Å². The number of carboxylic acid groups (broad SMARTS) is 1. The van der Waals surface area contributed by atoms with Crippen LogP contribution in [0.2, 0.25) is 0 Å². The topological polar surface area (TPSA) is 152 Å². The second kappa shape index (κ2) is 11.3. The maximum Gasteiger partial charge on any atom is 0.420 e. The zero-order valence-electron chi connectivity index (χ0n) is 22.2. The van der Waals surface area contributed by atoms with Gasteiger partial charge >= 0.3 is 12.1 Å². The number of Topliss-reactive ketones (excluding diaryl/α,β-unsaturated/α-hetero) is 1. The number of ether oxygens (including phenoxy) is 1. The van der Waals surface area contributed by atoms with Crippen LogP contribution in [0.5, 0.6) is 5.75 Å². The zero-order valence-corrected chi connectivity index (χ0v) is 22.2. The van der Waals surface area contributed by atoms with Gasteiger partial charge in [-0.15, -0.1) is 0 Å². The first kappa shape index (κ1) is 27.1. The number of ketones is 1. The fourth-order valence-corrected chi connectivity index (χ4v) is 4.74. The van der Waals surface area contributed by atoms with Crippen LogP contribution in [0.1, 0.15) is 27.9 Å². The average molecular weight is 550 g/mol. The largest absolute Gasteiger partial charge is 0.480 e. The Morgan fingerprint density at radius 1 is 1.05 bits per heavy atom. The summed E-state index contributed by atoms with van der Waals surface area (Å²) in [6, 6.07) is 20.9. The van der Waals surface area contributed by atoms with Crippen molar-refractivity contribution >= 4 is 51.2 Å². The number of benzene rings is 3. The predicted octanol–water partition coefficient (Wildman–Crippen LogP) is 4.92. The molecular formula is C31H27N5O5. The summed E-state index contributed by atoms with van der Waals surface area (Å²) in [7, 11) is 1.80. The molecule has 5 aromatic rings. The molecule has 10 heteroatoms. The first-order valence-corrected chi connectivity index (χ1v) is 12.8. The van der Waals surface area contributed by atoms with Crippen molar-refractivity contribution in [3.63, 3.8) is 0 Å². The van der Waals surface area contributed by atoms with Gasteiger partial charge in [0.1, 0.15) is 18.1 Å². The number of rotatable bonds is 9. The molecule has 0 atom stereocenters. The average Bonchev–Trinajstić information content (AvgIpc) is 3.30. The van der Waals surface area contributed by atoms with Crippen molar-refractivity contribution in [3.05, 3.63) is 102 Å². The van der Waals surface area contributed by atoms with Crippen LogP contribution in [0.25, 0.3) is 21.8 Å². The molecule has 0 bridgehead atoms. The van der Waals surface area contributed by atoms with E-state index >= 15 is 0 Å². The zero-order chi connectivity index (χ0) is 29.1. The number of hydrogen-bond acceptors (Lipinski definition) is 6. The summed E-state index contributed by atoms with van der Waals surface area (Å²) in [4.78, 5) is 43.3. The lowest BCUT2D eigenvalue weighted by Crippen LogP contribution is -2.38. The van der Waals surface area contributed by atoms with Gasteiger partial charge in [0, 0.05) is 53.8 Å². The Labute approximate surface area is 235 Å². The lowest BCUT2D eigenvalue weighted by atomic mass is 10.0. The van der Waals surface area contributed by atoms with Gasteiger partial charge in [0.15, 0.2) is 5.78 Å². The Bertz CT molecular complexity index is 1800. The van der Waals surface area contributed by atoms with E-state index < -0.39 is 18.6 Å². The number of fused-ring (bicyclic) bond motifs is 2. The monoisotopic (exact) mass is 549 g/mol. The number of nitrogens with one attached hydrogen (secondary N) is 1. The molecule has 0 unspecified atom stereocenters.